The molecule has 3 rings (SSSR count). The Morgan fingerprint density at radius 1 is 1.22 bits per heavy atom. The van der Waals surface area contributed by atoms with Crippen molar-refractivity contribution in [1.82, 2.24) is 10.2 Å². The van der Waals surface area contributed by atoms with Gasteiger partial charge in [0.25, 0.3) is 0 Å². The van der Waals surface area contributed by atoms with E-state index in [-0.39, 0.29) is 35.2 Å². The van der Waals surface area contributed by atoms with E-state index in [2.05, 4.69) is 24.1 Å². The van der Waals surface area contributed by atoms with E-state index >= 15 is 0 Å². The number of nitrogens with one attached hydrogen (secondary N) is 1. The smallest absolute Gasteiger partial charge is 0.193 e. The number of nitrogens with zero attached hydrogens (tertiary/aromatic N) is 2. The van der Waals surface area contributed by atoms with Crippen LogP contribution in [0.2, 0.25) is 0 Å². The molecule has 0 radical (unpaired) electrons. The molecule has 0 aromatic heterocycles. The van der Waals surface area contributed by atoms with Gasteiger partial charge in [-0.3, -0.25) is 4.99 Å². The van der Waals surface area contributed by atoms with Gasteiger partial charge in [0.1, 0.15) is 5.82 Å². The lowest BCUT2D eigenvalue weighted by atomic mass is 9.64. The second kappa shape index (κ2) is 10.6. The van der Waals surface area contributed by atoms with Gasteiger partial charge in [-0.2, -0.15) is 0 Å². The number of benzene rings is 1. The zero-order valence-electron chi connectivity index (χ0n) is 16.5. The lowest BCUT2D eigenvalue weighted by Crippen LogP contribution is -2.48. The van der Waals surface area contributed by atoms with Crippen LogP contribution in [-0.2, 0) is 10.2 Å². The molecule has 1 saturated heterocycles. The summed E-state index contributed by atoms with van der Waals surface area (Å²) in [4.78, 5) is 7.36. The normalized spacial score (nSPS) is 20.0. The summed E-state index contributed by atoms with van der Waals surface area (Å²) in [6, 6.07) is 7.01. The van der Waals surface area contributed by atoms with Gasteiger partial charge >= 0.3 is 0 Å². The van der Waals surface area contributed by atoms with Gasteiger partial charge in [0.15, 0.2) is 5.96 Å². The van der Waals surface area contributed by atoms with E-state index in [9.17, 15) is 4.39 Å². The molecular weight excluding hydrogens is 456 g/mol. The summed E-state index contributed by atoms with van der Waals surface area (Å²) in [6.07, 6.45) is 5.99. The fourth-order valence-electron chi connectivity index (χ4n) is 4.07. The summed E-state index contributed by atoms with van der Waals surface area (Å²) in [5.41, 5.74) is 1.30. The third-order valence-corrected chi connectivity index (χ3v) is 5.78. The van der Waals surface area contributed by atoms with Crippen molar-refractivity contribution >= 4 is 29.9 Å². The number of aliphatic imine (C=N–C) groups is 1. The summed E-state index contributed by atoms with van der Waals surface area (Å²) < 4.78 is 19.0. The molecule has 1 aliphatic heterocycles. The van der Waals surface area contributed by atoms with Crippen LogP contribution >= 0.6 is 24.0 Å². The largest absolute Gasteiger partial charge is 0.378 e. The maximum Gasteiger partial charge on any atom is 0.193 e. The molecular formula is C21H33FIN3O. The number of hydrogen-bond acceptors (Lipinski definition) is 2. The quantitative estimate of drug-likeness (QED) is 0.367. The van der Waals surface area contributed by atoms with Crippen molar-refractivity contribution in [1.29, 1.82) is 0 Å². The first kappa shape index (κ1) is 22.4. The third-order valence-electron chi connectivity index (χ3n) is 5.78. The fraction of sp³-hybridized carbons (Fsp3) is 0.667. The molecule has 2 fully saturated rings. The molecule has 4 nitrogen and oxygen atoms in total. The Balaban J connectivity index is 0.00000261. The molecule has 0 bridgehead atoms. The Hall–Kier alpha value is -0.890. The minimum absolute atomic E-state index is 0. The van der Waals surface area contributed by atoms with Gasteiger partial charge in [0, 0.05) is 31.7 Å². The Bertz CT molecular complexity index is 596. The molecule has 27 heavy (non-hydrogen) atoms. The van der Waals surface area contributed by atoms with E-state index < -0.39 is 0 Å². The minimum atomic E-state index is -0.169. The van der Waals surface area contributed by atoms with E-state index in [0.29, 0.717) is 6.10 Å². The van der Waals surface area contributed by atoms with E-state index in [1.807, 2.05) is 12.1 Å². The van der Waals surface area contributed by atoms with Crippen molar-refractivity contribution < 1.29 is 9.13 Å². The number of piperidine rings is 1. The molecule has 1 heterocycles. The Kier molecular flexibility index (Phi) is 8.79. The third kappa shape index (κ3) is 5.56. The molecule has 1 aromatic carbocycles. The highest BCUT2D eigenvalue weighted by Gasteiger charge is 2.38. The van der Waals surface area contributed by atoms with Crippen molar-refractivity contribution in [2.24, 2.45) is 4.99 Å². The van der Waals surface area contributed by atoms with Crippen LogP contribution in [0.1, 0.15) is 51.5 Å². The predicted molar refractivity (Wildman–Crippen MR) is 120 cm³/mol. The Labute approximate surface area is 180 Å². The number of guanidine groups is 1. The summed E-state index contributed by atoms with van der Waals surface area (Å²) in [6.45, 7) is 8.58. The number of rotatable bonds is 6. The SMILES string of the molecule is CCNC(=NCC1(c2ccc(F)cc2)CCC1)N1CCC(OCC)CC1.I. The first-order valence-electron chi connectivity index (χ1n) is 10.1. The summed E-state index contributed by atoms with van der Waals surface area (Å²) in [5, 5.41) is 3.46. The van der Waals surface area contributed by atoms with E-state index in [0.717, 1.165) is 64.4 Å². The molecule has 2 aliphatic rings. The number of halogens is 2. The van der Waals surface area contributed by atoms with Gasteiger partial charge < -0.3 is 15.0 Å². The minimum Gasteiger partial charge on any atom is -0.378 e. The molecule has 6 heteroatoms. The molecule has 1 N–H and O–H groups in total. The summed E-state index contributed by atoms with van der Waals surface area (Å²) >= 11 is 0. The first-order chi connectivity index (χ1) is 12.7. The molecule has 0 atom stereocenters. The van der Waals surface area contributed by atoms with Crippen LogP contribution in [0.4, 0.5) is 4.39 Å². The van der Waals surface area contributed by atoms with Crippen molar-refractivity contribution in [2.45, 2.75) is 57.5 Å². The molecule has 1 saturated carbocycles. The van der Waals surface area contributed by atoms with Crippen molar-refractivity contribution in [3.8, 4) is 0 Å². The monoisotopic (exact) mass is 489 g/mol. The van der Waals surface area contributed by atoms with Crippen LogP contribution < -0.4 is 5.32 Å². The molecule has 0 spiro atoms. The van der Waals surface area contributed by atoms with Gasteiger partial charge in [-0.15, -0.1) is 24.0 Å². The summed E-state index contributed by atoms with van der Waals surface area (Å²) in [7, 11) is 0. The van der Waals surface area contributed by atoms with E-state index in [4.69, 9.17) is 9.73 Å². The fourth-order valence-corrected chi connectivity index (χ4v) is 4.07. The molecule has 152 valence electrons. The van der Waals surface area contributed by atoms with E-state index in [1.54, 1.807) is 12.1 Å². The molecule has 1 aromatic rings. The zero-order valence-corrected chi connectivity index (χ0v) is 18.9. The highest BCUT2D eigenvalue weighted by molar-refractivity contribution is 14.0. The second-order valence-electron chi connectivity index (χ2n) is 7.45. The van der Waals surface area contributed by atoms with Crippen LogP contribution in [0.25, 0.3) is 0 Å². The first-order valence-corrected chi connectivity index (χ1v) is 10.1. The van der Waals surface area contributed by atoms with Crippen LogP contribution in [0.3, 0.4) is 0 Å². The topological polar surface area (TPSA) is 36.9 Å². The van der Waals surface area contributed by atoms with Crippen molar-refractivity contribution in [2.75, 3.05) is 32.8 Å². The van der Waals surface area contributed by atoms with Crippen LogP contribution in [-0.4, -0.2) is 49.7 Å². The maximum absolute atomic E-state index is 13.3. The van der Waals surface area contributed by atoms with Crippen LogP contribution in [0.15, 0.2) is 29.3 Å². The average molecular weight is 489 g/mol. The Morgan fingerprint density at radius 3 is 2.41 bits per heavy atom. The highest BCUT2D eigenvalue weighted by atomic mass is 127. The van der Waals surface area contributed by atoms with Gasteiger partial charge in [-0.05, 0) is 57.2 Å². The number of ether oxygens (including phenoxy) is 1. The molecule has 0 amide bonds. The van der Waals surface area contributed by atoms with Crippen molar-refractivity contribution in [3.05, 3.63) is 35.6 Å². The Morgan fingerprint density at radius 2 is 1.89 bits per heavy atom. The molecule has 1 aliphatic carbocycles. The number of hydrogen-bond donors (Lipinski definition) is 1. The number of likely N-dealkylation sites (tertiary alicyclic amines) is 1. The average Bonchev–Trinajstić information content (AvgIpc) is 2.62. The van der Waals surface area contributed by atoms with Gasteiger partial charge in [-0.1, -0.05) is 18.6 Å². The van der Waals surface area contributed by atoms with Crippen LogP contribution in [0, 0.1) is 5.82 Å². The lowest BCUT2D eigenvalue weighted by Gasteiger charge is -2.42. The van der Waals surface area contributed by atoms with Crippen molar-refractivity contribution in [3.63, 3.8) is 0 Å². The lowest BCUT2D eigenvalue weighted by molar-refractivity contribution is 0.0263. The highest BCUT2D eigenvalue weighted by Crippen LogP contribution is 2.44. The van der Waals surface area contributed by atoms with Gasteiger partial charge in [0.05, 0.1) is 12.6 Å². The van der Waals surface area contributed by atoms with Gasteiger partial charge in [-0.25, -0.2) is 4.39 Å². The zero-order chi connectivity index (χ0) is 18.4. The maximum atomic E-state index is 13.3. The van der Waals surface area contributed by atoms with E-state index in [1.165, 1.54) is 12.0 Å². The van der Waals surface area contributed by atoms with Gasteiger partial charge in [0.2, 0.25) is 0 Å². The standard InChI is InChI=1S/C21H32FN3O.HI/c1-3-23-20(25-14-10-19(11-15-25)26-4-2)24-16-21(12-5-13-21)17-6-8-18(22)9-7-17;/h6-9,19H,3-5,10-16H2,1-2H3,(H,23,24);1H. The van der Waals surface area contributed by atoms with Crippen LogP contribution in [0.5, 0.6) is 0 Å². The second-order valence-corrected chi connectivity index (χ2v) is 7.45. The summed E-state index contributed by atoms with van der Waals surface area (Å²) in [5.74, 6) is 0.841. The predicted octanol–water partition coefficient (Wildman–Crippen LogP) is 4.33. The molecule has 0 unspecified atom stereocenters.